The van der Waals surface area contributed by atoms with Gasteiger partial charge in [0.2, 0.25) is 0 Å². The molecule has 1 amide bonds. The van der Waals surface area contributed by atoms with Crippen molar-refractivity contribution in [1.82, 2.24) is 25.5 Å². The third-order valence-corrected chi connectivity index (χ3v) is 3.88. The standard InChI is InChI=1S/C18H19F3N6O/c1-10(2)26-15-12(17(28)22-6-5-18(19,20)21)9-23-14-4-3-13(27-16(14)15)11-7-24-25-8-11/h3-4,7-10H,5-6H2,1-2H3,(H,22,28)(H,23,26)(H,24,25). The van der Waals surface area contributed by atoms with E-state index in [1.807, 2.05) is 13.8 Å². The molecule has 0 spiro atoms. The van der Waals surface area contributed by atoms with Gasteiger partial charge in [0, 0.05) is 30.5 Å². The van der Waals surface area contributed by atoms with Gasteiger partial charge in [-0.15, -0.1) is 0 Å². The van der Waals surface area contributed by atoms with Gasteiger partial charge in [0.05, 0.1) is 35.1 Å². The van der Waals surface area contributed by atoms with E-state index in [0.717, 1.165) is 5.56 Å². The first-order valence-corrected chi connectivity index (χ1v) is 8.65. The van der Waals surface area contributed by atoms with Crippen LogP contribution in [-0.4, -0.2) is 44.8 Å². The summed E-state index contributed by atoms with van der Waals surface area (Å²) in [5.41, 5.74) is 2.97. The second-order valence-corrected chi connectivity index (χ2v) is 6.52. The summed E-state index contributed by atoms with van der Waals surface area (Å²) in [5, 5.41) is 12.1. The molecule has 0 aliphatic carbocycles. The molecule has 148 valence electrons. The first-order chi connectivity index (χ1) is 13.2. The average Bonchev–Trinajstić information content (AvgIpc) is 3.14. The highest BCUT2D eigenvalue weighted by Crippen LogP contribution is 2.28. The number of fused-ring (bicyclic) bond motifs is 1. The van der Waals surface area contributed by atoms with Crippen molar-refractivity contribution in [2.45, 2.75) is 32.5 Å². The first kappa shape index (κ1) is 19.6. The largest absolute Gasteiger partial charge is 0.390 e. The van der Waals surface area contributed by atoms with Crippen molar-refractivity contribution in [1.29, 1.82) is 0 Å². The highest BCUT2D eigenvalue weighted by molar-refractivity contribution is 6.06. The third kappa shape index (κ3) is 4.56. The minimum atomic E-state index is -4.34. The molecule has 3 N–H and O–H groups in total. The van der Waals surface area contributed by atoms with E-state index in [-0.39, 0.29) is 11.6 Å². The maximum atomic E-state index is 12.5. The number of amides is 1. The van der Waals surface area contributed by atoms with E-state index < -0.39 is 25.0 Å². The number of hydrogen-bond acceptors (Lipinski definition) is 5. The number of aromatic amines is 1. The quantitative estimate of drug-likeness (QED) is 0.597. The molecule has 0 bridgehead atoms. The Balaban J connectivity index is 2.00. The number of H-pyrrole nitrogens is 1. The Morgan fingerprint density at radius 2 is 2.04 bits per heavy atom. The van der Waals surface area contributed by atoms with Crippen LogP contribution in [0, 0.1) is 0 Å². The number of hydrogen-bond donors (Lipinski definition) is 3. The van der Waals surface area contributed by atoms with Crippen LogP contribution >= 0.6 is 0 Å². The fraction of sp³-hybridized carbons (Fsp3) is 0.333. The van der Waals surface area contributed by atoms with Gasteiger partial charge in [0.15, 0.2) is 0 Å². The molecule has 3 aromatic rings. The molecule has 0 fully saturated rings. The second-order valence-electron chi connectivity index (χ2n) is 6.52. The average molecular weight is 392 g/mol. The molecule has 0 aromatic carbocycles. The van der Waals surface area contributed by atoms with Gasteiger partial charge in [-0.05, 0) is 26.0 Å². The van der Waals surface area contributed by atoms with Crippen LogP contribution in [0.1, 0.15) is 30.6 Å². The van der Waals surface area contributed by atoms with Crippen LogP contribution in [0.2, 0.25) is 0 Å². The van der Waals surface area contributed by atoms with Crippen LogP contribution in [0.15, 0.2) is 30.7 Å². The molecule has 0 saturated heterocycles. The number of carbonyl (C=O) groups excluding carboxylic acids is 1. The van der Waals surface area contributed by atoms with Crippen LogP contribution in [0.3, 0.4) is 0 Å². The van der Waals surface area contributed by atoms with Crippen molar-refractivity contribution in [3.63, 3.8) is 0 Å². The summed E-state index contributed by atoms with van der Waals surface area (Å²) in [4.78, 5) is 21.3. The number of aromatic nitrogens is 4. The number of alkyl halides is 3. The molecule has 0 unspecified atom stereocenters. The Morgan fingerprint density at radius 3 is 2.68 bits per heavy atom. The highest BCUT2D eigenvalue weighted by atomic mass is 19.4. The zero-order valence-corrected chi connectivity index (χ0v) is 15.3. The van der Waals surface area contributed by atoms with Crippen molar-refractivity contribution in [2.75, 3.05) is 11.9 Å². The number of nitrogens with one attached hydrogen (secondary N) is 3. The Hall–Kier alpha value is -3.17. The van der Waals surface area contributed by atoms with Gasteiger partial charge in [-0.3, -0.25) is 14.9 Å². The van der Waals surface area contributed by atoms with Gasteiger partial charge in [0.1, 0.15) is 5.52 Å². The number of anilines is 1. The summed E-state index contributed by atoms with van der Waals surface area (Å²) in [6.07, 6.45) is -0.796. The molecule has 0 saturated carbocycles. The minimum Gasteiger partial charge on any atom is -0.380 e. The van der Waals surface area contributed by atoms with Crippen molar-refractivity contribution in [2.24, 2.45) is 0 Å². The molecule has 3 rings (SSSR count). The maximum absolute atomic E-state index is 12.5. The molecule has 10 heteroatoms. The molecular weight excluding hydrogens is 373 g/mol. The first-order valence-electron chi connectivity index (χ1n) is 8.65. The maximum Gasteiger partial charge on any atom is 0.390 e. The van der Waals surface area contributed by atoms with Crippen LogP contribution < -0.4 is 10.6 Å². The monoisotopic (exact) mass is 392 g/mol. The van der Waals surface area contributed by atoms with Crippen molar-refractivity contribution >= 4 is 22.6 Å². The molecular formula is C18H19F3N6O. The van der Waals surface area contributed by atoms with Gasteiger partial charge < -0.3 is 10.6 Å². The summed E-state index contributed by atoms with van der Waals surface area (Å²) < 4.78 is 37.1. The highest BCUT2D eigenvalue weighted by Gasteiger charge is 2.27. The lowest BCUT2D eigenvalue weighted by atomic mass is 10.1. The topological polar surface area (TPSA) is 95.6 Å². The lowest BCUT2D eigenvalue weighted by Gasteiger charge is -2.17. The Kier molecular flexibility index (Phi) is 5.48. The molecule has 0 atom stereocenters. The van der Waals surface area contributed by atoms with E-state index in [4.69, 9.17) is 0 Å². The predicted octanol–water partition coefficient (Wildman–Crippen LogP) is 3.52. The molecule has 7 nitrogen and oxygen atoms in total. The summed E-state index contributed by atoms with van der Waals surface area (Å²) >= 11 is 0. The number of carbonyl (C=O) groups is 1. The van der Waals surface area contributed by atoms with Crippen LogP contribution in [-0.2, 0) is 0 Å². The molecule has 0 aliphatic heterocycles. The van der Waals surface area contributed by atoms with Gasteiger partial charge >= 0.3 is 6.18 Å². The van der Waals surface area contributed by atoms with Gasteiger partial charge in [-0.2, -0.15) is 18.3 Å². The summed E-state index contributed by atoms with van der Waals surface area (Å²) in [6.45, 7) is 3.26. The lowest BCUT2D eigenvalue weighted by molar-refractivity contribution is -0.132. The van der Waals surface area contributed by atoms with Crippen molar-refractivity contribution in [3.05, 3.63) is 36.3 Å². The normalized spacial score (nSPS) is 11.8. The molecule has 28 heavy (non-hydrogen) atoms. The molecule has 3 aromatic heterocycles. The van der Waals surface area contributed by atoms with E-state index in [1.165, 1.54) is 6.20 Å². The van der Waals surface area contributed by atoms with Gasteiger partial charge in [0.25, 0.3) is 5.91 Å². The fourth-order valence-corrected chi connectivity index (χ4v) is 2.64. The van der Waals surface area contributed by atoms with E-state index in [0.29, 0.717) is 22.4 Å². The van der Waals surface area contributed by atoms with Crippen LogP contribution in [0.5, 0.6) is 0 Å². The zero-order chi connectivity index (χ0) is 20.3. The molecule has 0 aliphatic rings. The van der Waals surface area contributed by atoms with Crippen molar-refractivity contribution in [3.8, 4) is 11.3 Å². The molecule has 3 heterocycles. The van der Waals surface area contributed by atoms with E-state index in [9.17, 15) is 18.0 Å². The summed E-state index contributed by atoms with van der Waals surface area (Å²) in [5.74, 6) is -0.641. The van der Waals surface area contributed by atoms with Gasteiger partial charge in [-0.1, -0.05) is 0 Å². The second kappa shape index (κ2) is 7.83. The van der Waals surface area contributed by atoms with Gasteiger partial charge in [-0.25, -0.2) is 4.98 Å². The summed E-state index contributed by atoms with van der Waals surface area (Å²) in [6, 6.07) is 3.51. The van der Waals surface area contributed by atoms with Crippen molar-refractivity contribution < 1.29 is 18.0 Å². The minimum absolute atomic E-state index is 0.0355. The number of nitrogens with zero attached hydrogens (tertiary/aromatic N) is 3. The van der Waals surface area contributed by atoms with Crippen LogP contribution in [0.4, 0.5) is 18.9 Å². The predicted molar refractivity (Wildman–Crippen MR) is 98.9 cm³/mol. The summed E-state index contributed by atoms with van der Waals surface area (Å²) in [7, 11) is 0. The van der Waals surface area contributed by atoms with Crippen LogP contribution in [0.25, 0.3) is 22.3 Å². The zero-order valence-electron chi connectivity index (χ0n) is 15.3. The van der Waals surface area contributed by atoms with E-state index in [1.54, 1.807) is 24.5 Å². The smallest absolute Gasteiger partial charge is 0.380 e. The number of halogens is 3. The third-order valence-electron chi connectivity index (χ3n) is 3.88. The Bertz CT molecular complexity index is 969. The molecule has 0 radical (unpaired) electrons. The fourth-order valence-electron chi connectivity index (χ4n) is 2.64. The van der Waals surface area contributed by atoms with E-state index in [2.05, 4.69) is 30.8 Å². The number of pyridine rings is 2. The SMILES string of the molecule is CC(C)Nc1c(C(=O)NCCC(F)(F)F)cnc2ccc(-c3cn[nH]c3)nc12. The Morgan fingerprint density at radius 1 is 1.25 bits per heavy atom. The number of rotatable bonds is 6. The van der Waals surface area contributed by atoms with E-state index >= 15 is 0 Å². The lowest BCUT2D eigenvalue weighted by Crippen LogP contribution is -2.29. The Labute approximate surface area is 158 Å².